The standard InChI is InChI=1S/C10H14INS/c11-8-5-7-13-10(8)9-4-2-1-3-6-12-9/h5,7,9,12H,1-4,6H2. The normalized spacial score (nSPS) is 24.2. The lowest BCUT2D eigenvalue weighted by atomic mass is 10.1. The van der Waals surface area contributed by atoms with Gasteiger partial charge < -0.3 is 5.32 Å². The third kappa shape index (κ3) is 2.44. The van der Waals surface area contributed by atoms with Crippen LogP contribution < -0.4 is 5.32 Å². The molecule has 1 unspecified atom stereocenters. The first-order valence-electron chi connectivity index (χ1n) is 4.84. The van der Waals surface area contributed by atoms with E-state index in [9.17, 15) is 0 Å². The van der Waals surface area contributed by atoms with E-state index in [0.717, 1.165) is 0 Å². The third-order valence-electron chi connectivity index (χ3n) is 2.52. The third-order valence-corrected chi connectivity index (χ3v) is 4.86. The van der Waals surface area contributed by atoms with Crippen LogP contribution in [0.2, 0.25) is 0 Å². The van der Waals surface area contributed by atoms with Crippen LogP contribution in [0.4, 0.5) is 0 Å². The van der Waals surface area contributed by atoms with Crippen molar-refractivity contribution in [2.24, 2.45) is 0 Å². The molecule has 1 N–H and O–H groups in total. The fourth-order valence-electron chi connectivity index (χ4n) is 1.81. The van der Waals surface area contributed by atoms with Crippen molar-refractivity contribution in [3.63, 3.8) is 0 Å². The molecule has 0 aromatic carbocycles. The molecule has 0 saturated carbocycles. The van der Waals surface area contributed by atoms with Crippen LogP contribution in [0, 0.1) is 3.57 Å². The fourth-order valence-corrected chi connectivity index (χ4v) is 3.88. The number of hydrogen-bond acceptors (Lipinski definition) is 2. The van der Waals surface area contributed by atoms with Crippen molar-refractivity contribution in [3.05, 3.63) is 19.9 Å². The van der Waals surface area contributed by atoms with E-state index >= 15 is 0 Å². The fraction of sp³-hybridized carbons (Fsp3) is 0.600. The zero-order chi connectivity index (χ0) is 9.10. The molecule has 1 aromatic rings. The Morgan fingerprint density at radius 2 is 2.31 bits per heavy atom. The summed E-state index contributed by atoms with van der Waals surface area (Å²) in [5.74, 6) is 0. The molecule has 1 saturated heterocycles. The molecule has 0 spiro atoms. The number of halogens is 1. The number of hydrogen-bond donors (Lipinski definition) is 1. The highest BCUT2D eigenvalue weighted by Crippen LogP contribution is 2.30. The van der Waals surface area contributed by atoms with Crippen molar-refractivity contribution in [3.8, 4) is 0 Å². The van der Waals surface area contributed by atoms with E-state index in [4.69, 9.17) is 0 Å². The van der Waals surface area contributed by atoms with Gasteiger partial charge in [-0.15, -0.1) is 11.3 Å². The Bertz CT molecular complexity index is 264. The van der Waals surface area contributed by atoms with Crippen LogP contribution in [0.3, 0.4) is 0 Å². The zero-order valence-corrected chi connectivity index (χ0v) is 10.5. The van der Waals surface area contributed by atoms with Gasteiger partial charge in [-0.05, 0) is 53.4 Å². The highest BCUT2D eigenvalue weighted by molar-refractivity contribution is 14.1. The van der Waals surface area contributed by atoms with Crippen LogP contribution >= 0.6 is 33.9 Å². The van der Waals surface area contributed by atoms with Crippen LogP contribution in [0.15, 0.2) is 11.4 Å². The largest absolute Gasteiger partial charge is 0.309 e. The number of thiophene rings is 1. The Balaban J connectivity index is 2.10. The van der Waals surface area contributed by atoms with E-state index in [2.05, 4.69) is 39.4 Å². The molecule has 0 amide bonds. The van der Waals surface area contributed by atoms with Gasteiger partial charge in [-0.3, -0.25) is 0 Å². The minimum atomic E-state index is 0.634. The lowest BCUT2D eigenvalue weighted by molar-refractivity contribution is 0.541. The molecule has 1 atom stereocenters. The molecular weight excluding hydrogens is 293 g/mol. The van der Waals surface area contributed by atoms with E-state index in [1.807, 2.05) is 11.3 Å². The molecule has 72 valence electrons. The molecular formula is C10H14INS. The summed E-state index contributed by atoms with van der Waals surface area (Å²) in [5.41, 5.74) is 0. The van der Waals surface area contributed by atoms with Crippen LogP contribution in [0.25, 0.3) is 0 Å². The summed E-state index contributed by atoms with van der Waals surface area (Å²) >= 11 is 4.34. The van der Waals surface area contributed by atoms with Crippen molar-refractivity contribution in [2.75, 3.05) is 6.54 Å². The van der Waals surface area contributed by atoms with E-state index in [-0.39, 0.29) is 0 Å². The summed E-state index contributed by atoms with van der Waals surface area (Å²) in [6.45, 7) is 1.19. The van der Waals surface area contributed by atoms with Crippen LogP contribution in [0.1, 0.15) is 36.6 Å². The van der Waals surface area contributed by atoms with Crippen LogP contribution in [-0.2, 0) is 0 Å². The van der Waals surface area contributed by atoms with Crippen molar-refractivity contribution < 1.29 is 0 Å². The molecule has 2 heterocycles. The van der Waals surface area contributed by atoms with Gasteiger partial charge in [0.2, 0.25) is 0 Å². The molecule has 13 heavy (non-hydrogen) atoms. The average Bonchev–Trinajstić information content (AvgIpc) is 2.43. The molecule has 2 rings (SSSR count). The predicted molar refractivity (Wildman–Crippen MR) is 66.2 cm³/mol. The maximum atomic E-state index is 3.63. The quantitative estimate of drug-likeness (QED) is 0.782. The van der Waals surface area contributed by atoms with Crippen LogP contribution in [0.5, 0.6) is 0 Å². The predicted octanol–water partition coefficient (Wildman–Crippen LogP) is 3.56. The summed E-state index contributed by atoms with van der Waals surface area (Å²) in [7, 11) is 0. The zero-order valence-electron chi connectivity index (χ0n) is 7.55. The maximum absolute atomic E-state index is 3.63. The van der Waals surface area contributed by atoms with E-state index in [0.29, 0.717) is 6.04 Å². The summed E-state index contributed by atoms with van der Waals surface area (Å²) in [4.78, 5) is 1.54. The van der Waals surface area contributed by atoms with Gasteiger partial charge in [0.15, 0.2) is 0 Å². The van der Waals surface area contributed by atoms with Gasteiger partial charge in [0.05, 0.1) is 0 Å². The number of nitrogens with one attached hydrogen (secondary N) is 1. The smallest absolute Gasteiger partial charge is 0.0425 e. The van der Waals surface area contributed by atoms with Gasteiger partial charge in [0, 0.05) is 14.5 Å². The minimum Gasteiger partial charge on any atom is -0.309 e. The van der Waals surface area contributed by atoms with E-state index in [1.54, 1.807) is 4.88 Å². The lowest BCUT2D eigenvalue weighted by Crippen LogP contribution is -2.19. The summed E-state index contributed by atoms with van der Waals surface area (Å²) in [5, 5.41) is 5.83. The van der Waals surface area contributed by atoms with Crippen molar-refractivity contribution in [1.82, 2.24) is 5.32 Å². The topological polar surface area (TPSA) is 12.0 Å². The van der Waals surface area contributed by atoms with Crippen molar-refractivity contribution >= 4 is 33.9 Å². The van der Waals surface area contributed by atoms with Gasteiger partial charge >= 0.3 is 0 Å². The average molecular weight is 307 g/mol. The summed E-state index contributed by atoms with van der Waals surface area (Å²) in [6, 6.07) is 2.85. The molecule has 1 aliphatic heterocycles. The summed E-state index contributed by atoms with van der Waals surface area (Å²) < 4.78 is 1.43. The van der Waals surface area contributed by atoms with E-state index in [1.165, 1.54) is 35.8 Å². The van der Waals surface area contributed by atoms with Gasteiger partial charge in [-0.1, -0.05) is 12.8 Å². The van der Waals surface area contributed by atoms with Gasteiger partial charge in [0.1, 0.15) is 0 Å². The monoisotopic (exact) mass is 307 g/mol. The first-order chi connectivity index (χ1) is 6.38. The highest BCUT2D eigenvalue weighted by Gasteiger charge is 2.16. The molecule has 1 nitrogen and oxygen atoms in total. The lowest BCUT2D eigenvalue weighted by Gasteiger charge is -2.14. The molecule has 0 radical (unpaired) electrons. The molecule has 3 heteroatoms. The second kappa shape index (κ2) is 4.75. The Morgan fingerprint density at radius 1 is 1.38 bits per heavy atom. The first-order valence-corrected chi connectivity index (χ1v) is 6.80. The van der Waals surface area contributed by atoms with Gasteiger partial charge in [-0.25, -0.2) is 0 Å². The summed E-state index contributed by atoms with van der Waals surface area (Å²) in [6.07, 6.45) is 5.44. The number of rotatable bonds is 1. The minimum absolute atomic E-state index is 0.634. The molecule has 1 aliphatic rings. The Labute approximate surface area is 97.1 Å². The first kappa shape index (κ1) is 9.93. The maximum Gasteiger partial charge on any atom is 0.0425 e. The molecule has 1 aromatic heterocycles. The SMILES string of the molecule is Ic1ccsc1C1CCCCCN1. The molecule has 0 aliphatic carbocycles. The van der Waals surface area contributed by atoms with Crippen molar-refractivity contribution in [1.29, 1.82) is 0 Å². The van der Waals surface area contributed by atoms with Crippen molar-refractivity contribution in [2.45, 2.75) is 31.7 Å². The second-order valence-corrected chi connectivity index (χ2v) is 5.60. The molecule has 1 fully saturated rings. The Morgan fingerprint density at radius 3 is 3.08 bits per heavy atom. The van der Waals surface area contributed by atoms with Crippen LogP contribution in [-0.4, -0.2) is 6.54 Å². The van der Waals surface area contributed by atoms with Gasteiger partial charge in [0.25, 0.3) is 0 Å². The Hall–Kier alpha value is 0.390. The van der Waals surface area contributed by atoms with E-state index < -0.39 is 0 Å². The second-order valence-electron chi connectivity index (χ2n) is 3.49. The Kier molecular flexibility index (Phi) is 3.63. The highest BCUT2D eigenvalue weighted by atomic mass is 127. The van der Waals surface area contributed by atoms with Gasteiger partial charge in [-0.2, -0.15) is 0 Å². The molecule has 0 bridgehead atoms.